The smallest absolute Gasteiger partial charge is 0.306 e. The summed E-state index contributed by atoms with van der Waals surface area (Å²) in [6.07, 6.45) is 46.2. The van der Waals surface area contributed by atoms with Gasteiger partial charge >= 0.3 is 11.9 Å². The minimum atomic E-state index is -4.63. The lowest BCUT2D eigenvalue weighted by Crippen LogP contribution is -2.37. The minimum absolute atomic E-state index is 0.0305. The Kier molecular flexibility index (Phi) is 40.8. The van der Waals surface area contributed by atoms with E-state index in [2.05, 4.69) is 38.2 Å². The highest BCUT2D eigenvalue weighted by Gasteiger charge is 2.21. The first-order valence-electron chi connectivity index (χ1n) is 24.5. The van der Waals surface area contributed by atoms with Crippen LogP contribution in [0.4, 0.5) is 0 Å². The van der Waals surface area contributed by atoms with Crippen molar-refractivity contribution in [1.82, 2.24) is 0 Å². The molecule has 0 aliphatic heterocycles. The van der Waals surface area contributed by atoms with E-state index in [1.54, 1.807) is 0 Å². The molecule has 0 amide bonds. The van der Waals surface area contributed by atoms with E-state index in [0.29, 0.717) is 17.4 Å². The van der Waals surface area contributed by atoms with Crippen LogP contribution >= 0.6 is 7.82 Å². The highest BCUT2D eigenvalue weighted by atomic mass is 31.2. The zero-order chi connectivity index (χ0) is 43.6. The van der Waals surface area contributed by atoms with Crippen LogP contribution in [-0.4, -0.2) is 70.0 Å². The largest absolute Gasteiger partial charge is 0.756 e. The van der Waals surface area contributed by atoms with Gasteiger partial charge in [-0.2, -0.15) is 0 Å². The molecular weight excluding hydrogens is 762 g/mol. The van der Waals surface area contributed by atoms with Crippen molar-refractivity contribution >= 4 is 19.8 Å². The number of carbonyl (C=O) groups is 2. The summed E-state index contributed by atoms with van der Waals surface area (Å²) in [4.78, 5) is 37.6. The molecule has 0 saturated carbocycles. The standard InChI is InChI=1S/C49H94NO8P/c1-6-8-10-12-14-16-18-20-22-24-26-28-30-32-34-36-38-40-42-49(52)58-47(46-57-59(53,54)56-44-43-50(3,4)5)45-55-48(51)41-39-37-35-33-31-29-27-25-23-21-19-17-15-13-11-9-7-2/h16,18,22,24,47H,6-15,17,19-21,23,25-46H2,1-5H3/b18-16-,24-22-. The number of esters is 2. The monoisotopic (exact) mass is 856 g/mol. The molecule has 0 heterocycles. The zero-order valence-electron chi connectivity index (χ0n) is 39.2. The number of rotatable bonds is 45. The molecule has 59 heavy (non-hydrogen) atoms. The molecule has 0 fully saturated rings. The van der Waals surface area contributed by atoms with Gasteiger partial charge in [0.25, 0.3) is 7.82 Å². The summed E-state index contributed by atoms with van der Waals surface area (Å²) in [5.41, 5.74) is 0. The Bertz CT molecular complexity index is 1060. The molecule has 9 nitrogen and oxygen atoms in total. The Labute approximate surface area is 364 Å². The first-order valence-corrected chi connectivity index (χ1v) is 26.0. The van der Waals surface area contributed by atoms with Crippen LogP contribution in [0, 0.1) is 0 Å². The van der Waals surface area contributed by atoms with Crippen LogP contribution in [0.2, 0.25) is 0 Å². The van der Waals surface area contributed by atoms with Gasteiger partial charge in [-0.3, -0.25) is 14.2 Å². The number of carbonyl (C=O) groups excluding carboxylic acids is 2. The number of quaternary nitrogens is 1. The maximum absolute atomic E-state index is 12.7. The van der Waals surface area contributed by atoms with Crippen LogP contribution in [0.15, 0.2) is 24.3 Å². The normalized spacial score (nSPS) is 13.7. The lowest BCUT2D eigenvalue weighted by Gasteiger charge is -2.28. The molecule has 0 spiro atoms. The van der Waals surface area contributed by atoms with Gasteiger partial charge in [-0.05, 0) is 44.9 Å². The van der Waals surface area contributed by atoms with Crippen molar-refractivity contribution in [2.45, 2.75) is 232 Å². The Morgan fingerprint density at radius 2 is 0.915 bits per heavy atom. The van der Waals surface area contributed by atoms with Crippen molar-refractivity contribution in [1.29, 1.82) is 0 Å². The number of phosphoric ester groups is 1. The fourth-order valence-electron chi connectivity index (χ4n) is 6.86. The number of hydrogen-bond acceptors (Lipinski definition) is 8. The van der Waals surface area contributed by atoms with Gasteiger partial charge in [-0.25, -0.2) is 0 Å². The second-order valence-electron chi connectivity index (χ2n) is 17.8. The summed E-state index contributed by atoms with van der Waals surface area (Å²) in [5.74, 6) is -0.833. The second-order valence-corrected chi connectivity index (χ2v) is 19.2. The van der Waals surface area contributed by atoms with Crippen molar-refractivity contribution in [2.75, 3.05) is 47.5 Å². The quantitative estimate of drug-likeness (QED) is 0.0196. The first-order chi connectivity index (χ1) is 28.5. The third kappa shape index (κ3) is 45.8. The molecular formula is C49H94NO8P. The summed E-state index contributed by atoms with van der Waals surface area (Å²) < 4.78 is 34.0. The van der Waals surface area contributed by atoms with Crippen LogP contribution in [0.25, 0.3) is 0 Å². The van der Waals surface area contributed by atoms with Gasteiger partial charge in [0.05, 0.1) is 27.7 Å². The number of nitrogens with zero attached hydrogens (tertiary/aromatic N) is 1. The molecule has 0 radical (unpaired) electrons. The SMILES string of the molecule is CCCCCC/C=C\C/C=C\CCCCCCCCCC(=O)OC(COC(=O)CCCCCCCCCCCCCCCCCCC)COP(=O)([O-])OCC[N+](C)(C)C. The fourth-order valence-corrected chi connectivity index (χ4v) is 7.59. The molecule has 348 valence electrons. The molecule has 0 bridgehead atoms. The van der Waals surface area contributed by atoms with E-state index in [1.807, 2.05) is 21.1 Å². The summed E-state index contributed by atoms with van der Waals surface area (Å²) >= 11 is 0. The van der Waals surface area contributed by atoms with Crippen molar-refractivity contribution in [3.63, 3.8) is 0 Å². The molecule has 0 N–H and O–H groups in total. The minimum Gasteiger partial charge on any atom is -0.756 e. The summed E-state index contributed by atoms with van der Waals surface area (Å²) in [6, 6.07) is 0. The molecule has 0 saturated heterocycles. The molecule has 0 aromatic heterocycles. The van der Waals surface area contributed by atoms with Crippen molar-refractivity contribution in [3.05, 3.63) is 24.3 Å². The van der Waals surface area contributed by atoms with Crippen molar-refractivity contribution in [2.24, 2.45) is 0 Å². The predicted molar refractivity (Wildman–Crippen MR) is 245 cm³/mol. The fraction of sp³-hybridized carbons (Fsp3) is 0.878. The lowest BCUT2D eigenvalue weighted by atomic mass is 10.0. The molecule has 0 rings (SSSR count). The van der Waals surface area contributed by atoms with Crippen LogP contribution < -0.4 is 4.89 Å². The van der Waals surface area contributed by atoms with E-state index in [9.17, 15) is 19.0 Å². The van der Waals surface area contributed by atoms with E-state index in [4.69, 9.17) is 18.5 Å². The average molecular weight is 856 g/mol. The van der Waals surface area contributed by atoms with Gasteiger partial charge < -0.3 is 27.9 Å². The van der Waals surface area contributed by atoms with Crippen LogP contribution in [0.3, 0.4) is 0 Å². The number of ether oxygens (including phenoxy) is 2. The number of hydrogen-bond donors (Lipinski definition) is 0. The van der Waals surface area contributed by atoms with Gasteiger partial charge in [-0.1, -0.05) is 192 Å². The number of phosphoric acid groups is 1. The van der Waals surface area contributed by atoms with E-state index in [0.717, 1.165) is 51.4 Å². The van der Waals surface area contributed by atoms with Crippen LogP contribution in [0.1, 0.15) is 226 Å². The Balaban J connectivity index is 4.28. The topological polar surface area (TPSA) is 111 Å². The van der Waals surface area contributed by atoms with Gasteiger partial charge in [0.2, 0.25) is 0 Å². The maximum atomic E-state index is 12.7. The summed E-state index contributed by atoms with van der Waals surface area (Å²) in [6.45, 7) is 4.24. The molecule has 0 aliphatic carbocycles. The number of allylic oxidation sites excluding steroid dienone is 4. The van der Waals surface area contributed by atoms with E-state index in [1.165, 1.54) is 141 Å². The van der Waals surface area contributed by atoms with Crippen molar-refractivity contribution in [3.8, 4) is 0 Å². The molecule has 2 atom stereocenters. The zero-order valence-corrected chi connectivity index (χ0v) is 40.1. The maximum Gasteiger partial charge on any atom is 0.306 e. The van der Waals surface area contributed by atoms with Gasteiger partial charge in [0.15, 0.2) is 6.10 Å². The first kappa shape index (κ1) is 57.5. The van der Waals surface area contributed by atoms with Crippen LogP contribution in [0.5, 0.6) is 0 Å². The van der Waals surface area contributed by atoms with E-state index >= 15 is 0 Å². The predicted octanol–water partition coefficient (Wildman–Crippen LogP) is 13.7. The van der Waals surface area contributed by atoms with Gasteiger partial charge in [0.1, 0.15) is 19.8 Å². The average Bonchev–Trinajstić information content (AvgIpc) is 3.19. The molecule has 0 aromatic carbocycles. The Morgan fingerprint density at radius 3 is 1.36 bits per heavy atom. The van der Waals surface area contributed by atoms with E-state index in [-0.39, 0.29) is 32.0 Å². The highest BCUT2D eigenvalue weighted by molar-refractivity contribution is 7.45. The van der Waals surface area contributed by atoms with Crippen LogP contribution in [-0.2, 0) is 32.7 Å². The third-order valence-electron chi connectivity index (χ3n) is 10.7. The third-order valence-corrected chi connectivity index (χ3v) is 11.7. The summed E-state index contributed by atoms with van der Waals surface area (Å²) in [7, 11) is 1.17. The van der Waals surface area contributed by atoms with E-state index < -0.39 is 26.5 Å². The lowest BCUT2D eigenvalue weighted by molar-refractivity contribution is -0.870. The highest BCUT2D eigenvalue weighted by Crippen LogP contribution is 2.38. The Hall–Kier alpha value is -1.51. The van der Waals surface area contributed by atoms with Crippen molar-refractivity contribution < 1.29 is 42.1 Å². The number of unbranched alkanes of at least 4 members (excludes halogenated alkanes) is 27. The molecule has 10 heteroatoms. The molecule has 2 unspecified atom stereocenters. The van der Waals surface area contributed by atoms with Gasteiger partial charge in [-0.15, -0.1) is 0 Å². The Morgan fingerprint density at radius 1 is 0.525 bits per heavy atom. The molecule has 0 aliphatic rings. The second kappa shape index (κ2) is 41.8. The van der Waals surface area contributed by atoms with Gasteiger partial charge in [0, 0.05) is 12.8 Å². The molecule has 0 aromatic rings. The number of likely N-dealkylation sites (N-methyl/N-ethyl adjacent to an activating group) is 1. The summed E-state index contributed by atoms with van der Waals surface area (Å²) in [5, 5.41) is 0.